The van der Waals surface area contributed by atoms with Crippen molar-refractivity contribution < 1.29 is 47.3 Å². The molecule has 1 aliphatic heterocycles. The van der Waals surface area contributed by atoms with Crippen LogP contribution in [-0.4, -0.2) is 80.5 Å². The summed E-state index contributed by atoms with van der Waals surface area (Å²) in [5.74, 6) is -0.535. The van der Waals surface area contributed by atoms with Gasteiger partial charge in [0, 0.05) is 12.2 Å². The second-order valence-corrected chi connectivity index (χ2v) is 15.3. The Kier molecular flexibility index (Phi) is 17.9. The summed E-state index contributed by atoms with van der Waals surface area (Å²) in [6.45, 7) is 1.16. The molecule has 1 fully saturated rings. The van der Waals surface area contributed by atoms with Crippen molar-refractivity contribution in [1.82, 2.24) is 14.6 Å². The van der Waals surface area contributed by atoms with Gasteiger partial charge in [-0.1, -0.05) is 90.0 Å². The van der Waals surface area contributed by atoms with Gasteiger partial charge in [0.15, 0.2) is 5.82 Å². The van der Waals surface area contributed by atoms with E-state index >= 15 is 0 Å². The smallest absolute Gasteiger partial charge is 0.387 e. The fourth-order valence-electron chi connectivity index (χ4n) is 6.46. The molecule has 55 heavy (non-hydrogen) atoms. The zero-order valence-corrected chi connectivity index (χ0v) is 32.3. The quantitative estimate of drug-likeness (QED) is 0.0542. The molecular formula is C38H54FN6O9P. The van der Waals surface area contributed by atoms with Gasteiger partial charge in [-0.3, -0.25) is 9.05 Å². The first-order valence-corrected chi connectivity index (χ1v) is 20.6. The molecule has 0 spiro atoms. The van der Waals surface area contributed by atoms with Gasteiger partial charge in [0.1, 0.15) is 48.1 Å². The lowest BCUT2D eigenvalue weighted by Gasteiger charge is -2.24. The second kappa shape index (κ2) is 22.3. The Labute approximate surface area is 321 Å². The maximum Gasteiger partial charge on any atom is 0.472 e. The number of ether oxygens (including phenoxy) is 3. The predicted octanol–water partition coefficient (Wildman–Crippen LogP) is 5.99. The van der Waals surface area contributed by atoms with Gasteiger partial charge in [-0.25, -0.2) is 18.5 Å². The maximum absolute atomic E-state index is 14.6. The summed E-state index contributed by atoms with van der Waals surface area (Å²) < 4.78 is 56.5. The normalized spacial score (nSPS) is 21.3. The van der Waals surface area contributed by atoms with Crippen molar-refractivity contribution in [2.45, 2.75) is 127 Å². The van der Waals surface area contributed by atoms with E-state index in [1.54, 1.807) is 0 Å². The summed E-state index contributed by atoms with van der Waals surface area (Å²) in [5.41, 5.74) is 4.46. The van der Waals surface area contributed by atoms with Crippen molar-refractivity contribution in [2.24, 2.45) is 0 Å². The lowest BCUT2D eigenvalue weighted by atomic mass is 9.92. The topological polar surface area (TPSA) is 228 Å². The Bertz CT molecular complexity index is 1770. The molecule has 3 heterocycles. The molecule has 2 aromatic heterocycles. The predicted molar refractivity (Wildman–Crippen MR) is 200 cm³/mol. The molecule has 4 rings (SSSR count). The van der Waals surface area contributed by atoms with E-state index < -0.39 is 56.9 Å². The number of nitrogens with zero attached hydrogens (tertiary/aromatic N) is 5. The molecule has 3 aromatic rings. The Balaban J connectivity index is 1.25. The van der Waals surface area contributed by atoms with Crippen molar-refractivity contribution in [2.75, 3.05) is 32.2 Å². The highest BCUT2D eigenvalue weighted by Crippen LogP contribution is 2.46. The Hall–Kier alpha value is -3.54. The van der Waals surface area contributed by atoms with Gasteiger partial charge in [0.2, 0.25) is 5.60 Å². The lowest BCUT2D eigenvalue weighted by molar-refractivity contribution is -0.0691. The average Bonchev–Trinajstić information content (AvgIpc) is 3.73. The number of nitrogens with two attached hydrogens (primary N) is 1. The molecule has 0 aliphatic carbocycles. The van der Waals surface area contributed by atoms with Gasteiger partial charge in [-0.2, -0.15) is 15.6 Å². The molecule has 0 radical (unpaired) electrons. The number of nitrogen functional groups attached to an aromatic ring is 1. The zero-order chi connectivity index (χ0) is 39.7. The standard InChI is InChI=1S/C38H54FN6O9P/c1-2-3-4-5-6-7-8-9-10-11-12-13-14-19-50-23-30(51-22-29-16-15-28(21-40)20-31(29)39)24-52-55(48,49)53-25-33-35(46)36(47)38(26-41,54-33)34-18-17-32-37(42)43-27-44-45(32)34/h15-18,20,27,30,33,35-36,46-47H,2-14,19,22-25H2,1H3,(H,48,49)(H2,42,43,44)/t30-,33-,35-,36-,38+/m1/s1. The number of nitriles is 2. The number of hydrogen-bond donors (Lipinski definition) is 4. The van der Waals surface area contributed by atoms with Crippen molar-refractivity contribution in [3.63, 3.8) is 0 Å². The Morgan fingerprint density at radius 1 is 1.00 bits per heavy atom. The molecule has 0 bridgehead atoms. The van der Waals surface area contributed by atoms with Crippen molar-refractivity contribution in [3.05, 3.63) is 59.3 Å². The molecule has 1 saturated heterocycles. The molecule has 17 heteroatoms. The molecule has 15 nitrogen and oxygen atoms in total. The highest BCUT2D eigenvalue weighted by Gasteiger charge is 2.58. The Morgan fingerprint density at radius 3 is 2.31 bits per heavy atom. The van der Waals surface area contributed by atoms with Crippen LogP contribution in [0.5, 0.6) is 0 Å². The van der Waals surface area contributed by atoms with Crippen LogP contribution in [0.4, 0.5) is 10.2 Å². The van der Waals surface area contributed by atoms with Crippen LogP contribution in [0.2, 0.25) is 0 Å². The number of anilines is 1. The van der Waals surface area contributed by atoms with E-state index in [0.717, 1.165) is 31.7 Å². The van der Waals surface area contributed by atoms with E-state index in [1.165, 1.54) is 93.0 Å². The van der Waals surface area contributed by atoms with Crippen molar-refractivity contribution in [3.8, 4) is 12.1 Å². The SMILES string of the molecule is CCCCCCCCCCCCCCCOC[C@H](COP(=O)(O)OC[C@H]1O[C@@](C#N)(c2ccc3c(N)ncnn23)[C@H](O)[C@@H]1O)OCc1ccc(C#N)cc1F. The number of fused-ring (bicyclic) bond motifs is 1. The number of rotatable bonds is 26. The van der Waals surface area contributed by atoms with Crippen molar-refractivity contribution >= 4 is 19.2 Å². The third-order valence-corrected chi connectivity index (χ3v) is 10.6. The molecule has 302 valence electrons. The number of unbranched alkanes of at least 4 members (excludes halogenated alkanes) is 12. The van der Waals surface area contributed by atoms with E-state index in [-0.39, 0.29) is 35.9 Å². The van der Waals surface area contributed by atoms with Gasteiger partial charge in [-0.15, -0.1) is 0 Å². The van der Waals surface area contributed by atoms with E-state index in [1.807, 2.05) is 12.1 Å². The summed E-state index contributed by atoms with van der Waals surface area (Å²) in [5, 5.41) is 45.0. The van der Waals surface area contributed by atoms with Gasteiger partial charge < -0.3 is 35.1 Å². The molecule has 5 N–H and O–H groups in total. The van der Waals surface area contributed by atoms with Gasteiger partial charge in [-0.05, 0) is 30.7 Å². The fraction of sp³-hybridized carbons (Fsp3) is 0.632. The molecular weight excluding hydrogens is 734 g/mol. The van der Waals surface area contributed by atoms with Crippen LogP contribution >= 0.6 is 7.82 Å². The number of phosphoric acid groups is 1. The third kappa shape index (κ3) is 12.7. The number of phosphoric ester groups is 1. The zero-order valence-electron chi connectivity index (χ0n) is 31.4. The van der Waals surface area contributed by atoms with Crippen molar-refractivity contribution in [1.29, 1.82) is 10.5 Å². The van der Waals surface area contributed by atoms with Gasteiger partial charge in [0.25, 0.3) is 0 Å². The molecule has 0 amide bonds. The molecule has 1 unspecified atom stereocenters. The summed E-state index contributed by atoms with van der Waals surface area (Å²) in [6.07, 6.45) is 11.1. The van der Waals surface area contributed by atoms with E-state index in [4.69, 9.17) is 34.3 Å². The summed E-state index contributed by atoms with van der Waals surface area (Å²) in [4.78, 5) is 14.4. The minimum atomic E-state index is -4.84. The summed E-state index contributed by atoms with van der Waals surface area (Å²) in [6, 6.07) is 10.7. The van der Waals surface area contributed by atoms with Crippen LogP contribution in [0.3, 0.4) is 0 Å². The Morgan fingerprint density at radius 2 is 1.67 bits per heavy atom. The molecule has 1 aliphatic rings. The first-order chi connectivity index (χ1) is 26.5. The number of benzene rings is 1. The van der Waals surface area contributed by atoms with Crippen LogP contribution in [0.1, 0.15) is 107 Å². The van der Waals surface area contributed by atoms with Crippen LogP contribution < -0.4 is 5.73 Å². The number of aliphatic hydroxyl groups excluding tert-OH is 2. The first-order valence-electron chi connectivity index (χ1n) is 19.1. The second-order valence-electron chi connectivity index (χ2n) is 13.8. The van der Waals surface area contributed by atoms with E-state index in [0.29, 0.717) is 12.1 Å². The number of halogens is 1. The van der Waals surface area contributed by atoms with Crippen LogP contribution in [0, 0.1) is 28.5 Å². The molecule has 0 saturated carbocycles. The summed E-state index contributed by atoms with van der Waals surface area (Å²) in [7, 11) is -4.84. The highest BCUT2D eigenvalue weighted by atomic mass is 31.2. The minimum absolute atomic E-state index is 0.0309. The maximum atomic E-state index is 14.6. The van der Waals surface area contributed by atoms with E-state index in [2.05, 4.69) is 17.0 Å². The monoisotopic (exact) mass is 788 g/mol. The summed E-state index contributed by atoms with van der Waals surface area (Å²) >= 11 is 0. The van der Waals surface area contributed by atoms with Crippen LogP contribution in [0.15, 0.2) is 36.7 Å². The molecule has 6 atom stereocenters. The largest absolute Gasteiger partial charge is 0.472 e. The van der Waals surface area contributed by atoms with Gasteiger partial charge >= 0.3 is 7.82 Å². The van der Waals surface area contributed by atoms with E-state index in [9.17, 15) is 29.3 Å². The number of hydrogen-bond acceptors (Lipinski definition) is 13. The average molecular weight is 789 g/mol. The number of aliphatic hydroxyl groups is 2. The van der Waals surface area contributed by atoms with Crippen LogP contribution in [-0.2, 0) is 40.0 Å². The fourth-order valence-corrected chi connectivity index (χ4v) is 7.22. The number of aromatic nitrogens is 3. The molecule has 1 aromatic carbocycles. The van der Waals surface area contributed by atoms with Gasteiger partial charge in [0.05, 0.1) is 43.8 Å². The minimum Gasteiger partial charge on any atom is -0.387 e. The highest BCUT2D eigenvalue weighted by molar-refractivity contribution is 7.47. The first kappa shape index (κ1) is 44.2. The lowest BCUT2D eigenvalue weighted by Crippen LogP contribution is -2.41. The third-order valence-electron chi connectivity index (χ3n) is 9.66. The van der Waals surface area contributed by atoms with Crippen LogP contribution in [0.25, 0.3) is 5.52 Å².